The van der Waals surface area contributed by atoms with Crippen LogP contribution >= 0.6 is 0 Å². The van der Waals surface area contributed by atoms with Gasteiger partial charge in [0.1, 0.15) is 5.60 Å². The lowest BCUT2D eigenvalue weighted by Gasteiger charge is -2.32. The van der Waals surface area contributed by atoms with Gasteiger partial charge in [-0.25, -0.2) is 9.80 Å². The molecule has 0 fully saturated rings. The Hall–Kier alpha value is -0.770. The Morgan fingerprint density at radius 1 is 1.14 bits per heavy atom. The van der Waals surface area contributed by atoms with E-state index in [2.05, 4.69) is 5.43 Å². The zero-order valence-corrected chi connectivity index (χ0v) is 10.3. The highest BCUT2D eigenvalue weighted by Crippen LogP contribution is 2.10. The lowest BCUT2D eigenvalue weighted by atomic mass is 10.1. The maximum absolute atomic E-state index is 11.3. The largest absolute Gasteiger partial charge is 0.443 e. The fraction of sp³-hybridized carbons (Fsp3) is 0.900. The van der Waals surface area contributed by atoms with E-state index in [4.69, 9.17) is 4.74 Å². The molecule has 0 aromatic carbocycles. The van der Waals surface area contributed by atoms with E-state index in [0.717, 1.165) is 0 Å². The van der Waals surface area contributed by atoms with Gasteiger partial charge in [-0.2, -0.15) is 0 Å². The summed E-state index contributed by atoms with van der Waals surface area (Å²) >= 11 is 0. The van der Waals surface area contributed by atoms with Crippen LogP contribution in [0, 0.1) is 0 Å². The lowest BCUT2D eigenvalue weighted by molar-refractivity contribution is 0.0214. The number of rotatable bonds is 1. The third kappa shape index (κ3) is 5.80. The number of hydrogen-bond acceptors (Lipinski definition) is 3. The van der Waals surface area contributed by atoms with Gasteiger partial charge in [0.05, 0.1) is 0 Å². The Morgan fingerprint density at radius 3 is 1.86 bits per heavy atom. The first-order valence-corrected chi connectivity index (χ1v) is 4.76. The molecule has 0 aliphatic heterocycles. The number of carbonyl (C=O) groups excluding carboxylic acids is 1. The molecule has 1 amide bonds. The van der Waals surface area contributed by atoms with Crippen LogP contribution in [0.1, 0.15) is 41.5 Å². The van der Waals surface area contributed by atoms with Crippen molar-refractivity contribution in [3.8, 4) is 0 Å². The van der Waals surface area contributed by atoms with E-state index in [-0.39, 0.29) is 5.54 Å². The van der Waals surface area contributed by atoms with Crippen molar-refractivity contribution in [2.24, 2.45) is 0 Å². The van der Waals surface area contributed by atoms with E-state index >= 15 is 0 Å². The molecule has 0 aromatic rings. The number of nitrogens with zero attached hydrogens (tertiary/aromatic N) is 1. The second-order valence-electron chi connectivity index (χ2n) is 5.34. The molecule has 1 N–H and O–H groups in total. The quantitative estimate of drug-likeness (QED) is 0.662. The van der Waals surface area contributed by atoms with E-state index in [1.54, 1.807) is 5.01 Å². The zero-order chi connectivity index (χ0) is 11.6. The third-order valence-corrected chi connectivity index (χ3v) is 1.66. The molecular formula is C10H22N2O2. The molecule has 0 aliphatic carbocycles. The van der Waals surface area contributed by atoms with Crippen LogP contribution in [0.25, 0.3) is 0 Å². The Kier molecular flexibility index (Phi) is 3.94. The summed E-state index contributed by atoms with van der Waals surface area (Å²) in [5.74, 6) is 0. The molecule has 4 heteroatoms. The fourth-order valence-corrected chi connectivity index (χ4v) is 0.606. The van der Waals surface area contributed by atoms with Gasteiger partial charge in [-0.05, 0) is 41.5 Å². The Balaban J connectivity index is 4.09. The predicted molar refractivity (Wildman–Crippen MR) is 56.9 cm³/mol. The van der Waals surface area contributed by atoms with Crippen LogP contribution in [0.3, 0.4) is 0 Å². The Bertz CT molecular complexity index is 201. The molecule has 0 rings (SSSR count). The number of ether oxygens (including phenoxy) is 1. The monoisotopic (exact) mass is 202 g/mol. The zero-order valence-electron chi connectivity index (χ0n) is 10.3. The van der Waals surface area contributed by atoms with Gasteiger partial charge >= 0.3 is 6.09 Å². The first-order chi connectivity index (χ1) is 6.02. The minimum absolute atomic E-state index is 0.114. The molecule has 0 saturated heterocycles. The van der Waals surface area contributed by atoms with Gasteiger partial charge in [-0.1, -0.05) is 0 Å². The number of hydrogen-bond donors (Lipinski definition) is 1. The average molecular weight is 202 g/mol. The minimum Gasteiger partial charge on any atom is -0.443 e. The summed E-state index contributed by atoms with van der Waals surface area (Å²) < 4.78 is 5.11. The third-order valence-electron chi connectivity index (χ3n) is 1.66. The molecule has 0 saturated carbocycles. The van der Waals surface area contributed by atoms with Crippen LogP contribution in [0.4, 0.5) is 4.79 Å². The van der Waals surface area contributed by atoms with Crippen molar-refractivity contribution < 1.29 is 9.53 Å². The molecule has 4 nitrogen and oxygen atoms in total. The van der Waals surface area contributed by atoms with Gasteiger partial charge in [-0.3, -0.25) is 5.43 Å². The van der Waals surface area contributed by atoms with Crippen LogP contribution in [0.15, 0.2) is 0 Å². The summed E-state index contributed by atoms with van der Waals surface area (Å²) in [7, 11) is 1.81. The molecule has 0 aliphatic rings. The maximum atomic E-state index is 11.3. The minimum atomic E-state index is -0.456. The normalized spacial score (nSPS) is 12.9. The van der Waals surface area contributed by atoms with Gasteiger partial charge in [0.25, 0.3) is 0 Å². The standard InChI is InChI=1S/C10H22N2O2/c1-9(2,3)12(7)11-8(13)14-10(4,5)6/h1-7H3,(H,11,13). The lowest BCUT2D eigenvalue weighted by Crippen LogP contribution is -2.51. The Morgan fingerprint density at radius 2 is 1.57 bits per heavy atom. The topological polar surface area (TPSA) is 41.6 Å². The van der Waals surface area contributed by atoms with Crippen molar-refractivity contribution in [1.29, 1.82) is 0 Å². The summed E-state index contributed by atoms with van der Waals surface area (Å²) in [4.78, 5) is 11.3. The molecule has 0 atom stereocenters. The summed E-state index contributed by atoms with van der Waals surface area (Å²) in [5.41, 5.74) is 2.08. The molecule has 0 bridgehead atoms. The van der Waals surface area contributed by atoms with E-state index in [1.165, 1.54) is 0 Å². The predicted octanol–water partition coefficient (Wildman–Crippen LogP) is 2.16. The highest BCUT2D eigenvalue weighted by molar-refractivity contribution is 5.67. The van der Waals surface area contributed by atoms with Crippen molar-refractivity contribution in [2.75, 3.05) is 7.05 Å². The first kappa shape index (κ1) is 13.2. The van der Waals surface area contributed by atoms with E-state index in [9.17, 15) is 4.79 Å². The highest BCUT2D eigenvalue weighted by Gasteiger charge is 2.22. The molecule has 0 heterocycles. The van der Waals surface area contributed by atoms with Gasteiger partial charge in [0.15, 0.2) is 0 Å². The van der Waals surface area contributed by atoms with Crippen LogP contribution in [0.2, 0.25) is 0 Å². The molecule has 0 spiro atoms. The van der Waals surface area contributed by atoms with Crippen LogP contribution in [0.5, 0.6) is 0 Å². The van der Waals surface area contributed by atoms with E-state index in [0.29, 0.717) is 0 Å². The summed E-state index contributed by atoms with van der Waals surface area (Å²) in [6.45, 7) is 11.5. The smallest absolute Gasteiger partial charge is 0.422 e. The SMILES string of the molecule is CN(NC(=O)OC(C)(C)C)C(C)(C)C. The van der Waals surface area contributed by atoms with Gasteiger partial charge in [0, 0.05) is 12.6 Å². The Labute approximate surface area is 86.6 Å². The van der Waals surface area contributed by atoms with Crippen molar-refractivity contribution in [3.05, 3.63) is 0 Å². The molecule has 0 aromatic heterocycles. The molecule has 84 valence electrons. The molecule has 14 heavy (non-hydrogen) atoms. The van der Waals surface area contributed by atoms with Gasteiger partial charge in [-0.15, -0.1) is 0 Å². The second kappa shape index (κ2) is 4.17. The second-order valence-corrected chi connectivity index (χ2v) is 5.34. The van der Waals surface area contributed by atoms with Crippen LogP contribution < -0.4 is 5.43 Å². The number of amides is 1. The molecule has 0 radical (unpaired) electrons. The number of carbonyl (C=O) groups is 1. The highest BCUT2D eigenvalue weighted by atomic mass is 16.6. The van der Waals surface area contributed by atoms with Crippen LogP contribution in [-0.4, -0.2) is 29.3 Å². The van der Waals surface area contributed by atoms with Crippen molar-refractivity contribution >= 4 is 6.09 Å². The van der Waals surface area contributed by atoms with Crippen LogP contribution in [-0.2, 0) is 4.74 Å². The molecule has 0 unspecified atom stereocenters. The van der Waals surface area contributed by atoms with Crippen molar-refractivity contribution in [1.82, 2.24) is 10.4 Å². The molecular weight excluding hydrogens is 180 g/mol. The van der Waals surface area contributed by atoms with Crippen molar-refractivity contribution in [2.45, 2.75) is 52.7 Å². The fourth-order valence-electron chi connectivity index (χ4n) is 0.606. The van der Waals surface area contributed by atoms with Crippen molar-refractivity contribution in [3.63, 3.8) is 0 Å². The van der Waals surface area contributed by atoms with Gasteiger partial charge in [0.2, 0.25) is 0 Å². The summed E-state index contributed by atoms with van der Waals surface area (Å²) in [6.07, 6.45) is -0.421. The maximum Gasteiger partial charge on any atom is 0.422 e. The van der Waals surface area contributed by atoms with Gasteiger partial charge < -0.3 is 4.74 Å². The van der Waals surface area contributed by atoms with E-state index < -0.39 is 11.7 Å². The van der Waals surface area contributed by atoms with E-state index in [1.807, 2.05) is 48.6 Å². The summed E-state index contributed by atoms with van der Waals surface area (Å²) in [5, 5.41) is 1.72. The first-order valence-electron chi connectivity index (χ1n) is 4.76. The summed E-state index contributed by atoms with van der Waals surface area (Å²) in [6, 6.07) is 0. The number of nitrogens with one attached hydrogen (secondary N) is 1. The average Bonchev–Trinajstić information content (AvgIpc) is 1.79. The number of hydrazine groups is 1.